The van der Waals surface area contributed by atoms with Crippen LogP contribution in [0.1, 0.15) is 55.5 Å². The summed E-state index contributed by atoms with van der Waals surface area (Å²) >= 11 is 1.53. The number of hydrogen-bond acceptors (Lipinski definition) is 6. The van der Waals surface area contributed by atoms with Crippen molar-refractivity contribution in [1.82, 2.24) is 15.5 Å². The van der Waals surface area contributed by atoms with E-state index in [4.69, 9.17) is 4.74 Å². The number of thioether (sulfide) groups is 1. The molecule has 8 nitrogen and oxygen atoms in total. The zero-order valence-electron chi connectivity index (χ0n) is 23.0. The Morgan fingerprint density at radius 3 is 2.39 bits per heavy atom. The van der Waals surface area contributed by atoms with E-state index in [1.807, 2.05) is 74.7 Å². The molecule has 2 aromatic rings. The summed E-state index contributed by atoms with van der Waals surface area (Å²) in [5, 5.41) is 15.3. The average Bonchev–Trinajstić information content (AvgIpc) is 2.86. The van der Waals surface area contributed by atoms with Gasteiger partial charge in [0.2, 0.25) is 11.8 Å². The number of amides is 3. The van der Waals surface area contributed by atoms with Crippen molar-refractivity contribution in [3.8, 4) is 6.07 Å². The average molecular weight is 539 g/mol. The molecule has 0 saturated carbocycles. The van der Waals surface area contributed by atoms with Crippen molar-refractivity contribution in [2.24, 2.45) is 0 Å². The van der Waals surface area contributed by atoms with Crippen molar-refractivity contribution in [2.75, 3.05) is 18.6 Å². The van der Waals surface area contributed by atoms with Crippen molar-refractivity contribution >= 4 is 29.7 Å². The minimum absolute atomic E-state index is 0.266. The highest BCUT2D eigenvalue weighted by molar-refractivity contribution is 7.98. The second kappa shape index (κ2) is 14.4. The molecule has 0 saturated heterocycles. The standard InChI is InChI=1S/C29H38N4O4S/c1-20-12-13-21(2)23(18-20)25(26(34)31-19-22-10-8-7-9-11-22)33(16-15-30)27(35)24(14-17-38-6)32-28(36)37-29(3,4)5/h7-13,18,24-25H,14,16-17,19H2,1-6H3,(H,31,34)(H,32,36). The number of nitrogens with zero attached hydrogens (tertiary/aromatic N) is 2. The van der Waals surface area contributed by atoms with Crippen molar-refractivity contribution in [1.29, 1.82) is 5.26 Å². The highest BCUT2D eigenvalue weighted by atomic mass is 32.2. The summed E-state index contributed by atoms with van der Waals surface area (Å²) in [5.74, 6) is -0.347. The predicted molar refractivity (Wildman–Crippen MR) is 150 cm³/mol. The summed E-state index contributed by atoms with van der Waals surface area (Å²) in [7, 11) is 0. The Labute approximate surface area is 230 Å². The molecule has 2 unspecified atom stereocenters. The van der Waals surface area contributed by atoms with Crippen LogP contribution in [0.4, 0.5) is 4.79 Å². The van der Waals surface area contributed by atoms with E-state index in [2.05, 4.69) is 10.6 Å². The summed E-state index contributed by atoms with van der Waals surface area (Å²) in [6.07, 6.45) is 1.48. The Morgan fingerprint density at radius 1 is 1.11 bits per heavy atom. The topological polar surface area (TPSA) is 112 Å². The Hall–Kier alpha value is -3.51. The van der Waals surface area contributed by atoms with Gasteiger partial charge in [0, 0.05) is 6.54 Å². The van der Waals surface area contributed by atoms with Crippen molar-refractivity contribution in [2.45, 2.75) is 65.3 Å². The first kappa shape index (κ1) is 30.7. The molecule has 2 aromatic carbocycles. The minimum Gasteiger partial charge on any atom is -0.444 e. The second-order valence-electron chi connectivity index (χ2n) is 10.1. The normalized spacial score (nSPS) is 12.6. The molecule has 0 bridgehead atoms. The van der Waals surface area contributed by atoms with Crippen LogP contribution in [0.2, 0.25) is 0 Å². The molecule has 0 spiro atoms. The molecular formula is C29H38N4O4S. The highest BCUT2D eigenvalue weighted by Crippen LogP contribution is 2.27. The van der Waals surface area contributed by atoms with Gasteiger partial charge in [-0.2, -0.15) is 17.0 Å². The zero-order valence-corrected chi connectivity index (χ0v) is 23.9. The Morgan fingerprint density at radius 2 is 1.79 bits per heavy atom. The van der Waals surface area contributed by atoms with Gasteiger partial charge in [-0.05, 0) is 69.7 Å². The third kappa shape index (κ3) is 9.42. The largest absolute Gasteiger partial charge is 0.444 e. The minimum atomic E-state index is -1.07. The zero-order chi connectivity index (χ0) is 28.3. The van der Waals surface area contributed by atoms with Crippen LogP contribution in [0.15, 0.2) is 48.5 Å². The fourth-order valence-corrected chi connectivity index (χ4v) is 4.37. The molecule has 38 heavy (non-hydrogen) atoms. The number of ether oxygens (including phenoxy) is 1. The lowest BCUT2D eigenvalue weighted by Gasteiger charge is -2.33. The van der Waals surface area contributed by atoms with Crippen LogP contribution in [0.5, 0.6) is 0 Å². The summed E-state index contributed by atoms with van der Waals surface area (Å²) in [4.78, 5) is 41.5. The first-order valence-electron chi connectivity index (χ1n) is 12.5. The van der Waals surface area contributed by atoms with E-state index in [1.165, 1.54) is 16.7 Å². The van der Waals surface area contributed by atoms with Crippen LogP contribution < -0.4 is 10.6 Å². The number of hydrogen-bond donors (Lipinski definition) is 2. The van der Waals surface area contributed by atoms with Crippen LogP contribution >= 0.6 is 11.8 Å². The smallest absolute Gasteiger partial charge is 0.408 e. The van der Waals surface area contributed by atoms with Gasteiger partial charge in [-0.25, -0.2) is 4.79 Å². The molecule has 0 aliphatic rings. The van der Waals surface area contributed by atoms with Crippen LogP contribution in [0, 0.1) is 25.2 Å². The maximum atomic E-state index is 13.9. The van der Waals surface area contributed by atoms with E-state index < -0.39 is 35.6 Å². The molecule has 0 aromatic heterocycles. The van der Waals surface area contributed by atoms with E-state index in [0.717, 1.165) is 16.7 Å². The third-order valence-electron chi connectivity index (χ3n) is 5.72. The predicted octanol–water partition coefficient (Wildman–Crippen LogP) is 4.66. The number of aryl methyl sites for hydroxylation is 2. The molecular weight excluding hydrogens is 500 g/mol. The summed E-state index contributed by atoms with van der Waals surface area (Å²) in [5.41, 5.74) is 2.51. The summed E-state index contributed by atoms with van der Waals surface area (Å²) in [6, 6.07) is 15.1. The molecule has 0 aliphatic carbocycles. The lowest BCUT2D eigenvalue weighted by atomic mass is 9.96. The molecule has 0 radical (unpaired) electrons. The second-order valence-corrected chi connectivity index (χ2v) is 11.1. The van der Waals surface area contributed by atoms with E-state index in [1.54, 1.807) is 20.8 Å². The molecule has 0 heterocycles. The van der Waals surface area contributed by atoms with E-state index in [9.17, 15) is 19.6 Å². The summed E-state index contributed by atoms with van der Waals surface area (Å²) < 4.78 is 5.38. The molecule has 3 amide bonds. The molecule has 204 valence electrons. The lowest BCUT2D eigenvalue weighted by Crippen LogP contribution is -2.53. The summed E-state index contributed by atoms with van der Waals surface area (Å²) in [6.45, 7) is 8.92. The maximum absolute atomic E-state index is 13.9. The van der Waals surface area contributed by atoms with Gasteiger partial charge in [0.15, 0.2) is 0 Å². The number of rotatable bonds is 11. The Kier molecular flexibility index (Phi) is 11.7. The monoisotopic (exact) mass is 538 g/mol. The van der Waals surface area contributed by atoms with Gasteiger partial charge in [-0.3, -0.25) is 9.59 Å². The molecule has 0 fully saturated rings. The van der Waals surface area contributed by atoms with Crippen LogP contribution in [-0.4, -0.2) is 53.0 Å². The molecule has 9 heteroatoms. The van der Waals surface area contributed by atoms with Crippen LogP contribution in [-0.2, 0) is 20.9 Å². The molecule has 2 N–H and O–H groups in total. The van der Waals surface area contributed by atoms with E-state index in [0.29, 0.717) is 17.7 Å². The first-order valence-corrected chi connectivity index (χ1v) is 13.9. The SMILES string of the molecule is CSCCC(NC(=O)OC(C)(C)C)C(=O)N(CC#N)C(C(=O)NCc1ccccc1)c1cc(C)ccc1C. The number of carbonyl (C=O) groups excluding carboxylic acids is 3. The highest BCUT2D eigenvalue weighted by Gasteiger charge is 2.36. The number of nitrogens with one attached hydrogen (secondary N) is 2. The fraction of sp³-hybridized carbons (Fsp3) is 0.448. The molecule has 0 aliphatic heterocycles. The Bertz CT molecular complexity index is 1140. The first-order chi connectivity index (χ1) is 18.0. The number of nitriles is 1. The number of alkyl carbamates (subject to hydrolysis) is 1. The van der Waals surface area contributed by atoms with Crippen molar-refractivity contribution < 1.29 is 19.1 Å². The van der Waals surface area contributed by atoms with Gasteiger partial charge in [0.05, 0.1) is 6.07 Å². The van der Waals surface area contributed by atoms with Gasteiger partial charge in [-0.1, -0.05) is 54.1 Å². The van der Waals surface area contributed by atoms with Gasteiger partial charge in [0.25, 0.3) is 0 Å². The van der Waals surface area contributed by atoms with Crippen LogP contribution in [0.25, 0.3) is 0 Å². The van der Waals surface area contributed by atoms with Gasteiger partial charge >= 0.3 is 6.09 Å². The third-order valence-corrected chi connectivity index (χ3v) is 6.37. The van der Waals surface area contributed by atoms with Crippen LogP contribution in [0.3, 0.4) is 0 Å². The van der Waals surface area contributed by atoms with E-state index in [-0.39, 0.29) is 13.1 Å². The fourth-order valence-electron chi connectivity index (χ4n) is 3.90. The van der Waals surface area contributed by atoms with E-state index >= 15 is 0 Å². The van der Waals surface area contributed by atoms with Crippen molar-refractivity contribution in [3.63, 3.8) is 0 Å². The quantitative estimate of drug-likeness (QED) is 0.403. The number of benzene rings is 2. The Balaban J connectivity index is 2.47. The van der Waals surface area contributed by atoms with Gasteiger partial charge in [0.1, 0.15) is 24.2 Å². The van der Waals surface area contributed by atoms with Gasteiger partial charge in [-0.15, -0.1) is 0 Å². The molecule has 2 rings (SSSR count). The lowest BCUT2D eigenvalue weighted by molar-refractivity contribution is -0.141. The number of carbonyl (C=O) groups is 3. The van der Waals surface area contributed by atoms with Crippen molar-refractivity contribution in [3.05, 3.63) is 70.8 Å². The molecule has 2 atom stereocenters. The maximum Gasteiger partial charge on any atom is 0.408 e. The van der Waals surface area contributed by atoms with Gasteiger partial charge < -0.3 is 20.3 Å².